The predicted molar refractivity (Wildman–Crippen MR) is 60.1 cm³/mol. The van der Waals surface area contributed by atoms with Gasteiger partial charge in [0.05, 0.1) is 11.5 Å². The van der Waals surface area contributed by atoms with Crippen molar-refractivity contribution in [2.24, 2.45) is 0 Å². The molecule has 7 heteroatoms. The number of thiophene rings is 1. The quantitative estimate of drug-likeness (QED) is 0.613. The van der Waals surface area contributed by atoms with E-state index in [2.05, 4.69) is 15.3 Å². The van der Waals surface area contributed by atoms with E-state index < -0.39 is 0 Å². The average Bonchev–Trinajstić information content (AvgIpc) is 2.87. The Morgan fingerprint density at radius 3 is 3.06 bits per heavy atom. The van der Waals surface area contributed by atoms with Gasteiger partial charge < -0.3 is 10.3 Å². The number of aromatic nitrogens is 2. The number of rotatable bonds is 5. The Bertz CT molecular complexity index is 466. The van der Waals surface area contributed by atoms with Gasteiger partial charge in [0.2, 0.25) is 0 Å². The molecule has 0 aliphatic carbocycles. The molecule has 0 radical (unpaired) electrons. The summed E-state index contributed by atoms with van der Waals surface area (Å²) < 4.78 is 0. The van der Waals surface area contributed by atoms with Crippen molar-refractivity contribution in [1.29, 1.82) is 0 Å². The van der Waals surface area contributed by atoms with E-state index in [0.717, 1.165) is 22.7 Å². The summed E-state index contributed by atoms with van der Waals surface area (Å²) >= 11 is 1.14. The molecular formula is C9H10N4O2S. The lowest BCUT2D eigenvalue weighted by molar-refractivity contribution is -0.380. The lowest BCUT2D eigenvalue weighted by Gasteiger charge is -1.99. The van der Waals surface area contributed by atoms with E-state index in [9.17, 15) is 10.1 Å². The Morgan fingerprint density at radius 2 is 2.44 bits per heavy atom. The lowest BCUT2D eigenvalue weighted by atomic mass is 10.3. The van der Waals surface area contributed by atoms with Gasteiger partial charge in [0, 0.05) is 30.4 Å². The van der Waals surface area contributed by atoms with Crippen molar-refractivity contribution in [3.8, 4) is 0 Å². The topological polar surface area (TPSA) is 83.8 Å². The molecule has 0 aliphatic rings. The van der Waals surface area contributed by atoms with Crippen LogP contribution in [0.25, 0.3) is 0 Å². The number of imidazole rings is 1. The molecule has 6 nitrogen and oxygen atoms in total. The number of nitrogens with one attached hydrogen (secondary N) is 2. The van der Waals surface area contributed by atoms with E-state index in [1.807, 2.05) is 0 Å². The normalized spacial score (nSPS) is 10.5. The largest absolute Gasteiger partial charge is 0.348 e. The first kappa shape index (κ1) is 10.8. The van der Waals surface area contributed by atoms with E-state index in [1.165, 1.54) is 0 Å². The molecule has 2 aromatic heterocycles. The van der Waals surface area contributed by atoms with Gasteiger partial charge in [0.1, 0.15) is 5.82 Å². The van der Waals surface area contributed by atoms with Gasteiger partial charge in [-0.2, -0.15) is 0 Å². The summed E-state index contributed by atoms with van der Waals surface area (Å²) in [7, 11) is 0. The highest BCUT2D eigenvalue weighted by atomic mass is 32.1. The van der Waals surface area contributed by atoms with Crippen molar-refractivity contribution in [2.75, 3.05) is 0 Å². The summed E-state index contributed by atoms with van der Waals surface area (Å²) in [5.41, 5.74) is 0.920. The van der Waals surface area contributed by atoms with Crippen LogP contribution in [0.2, 0.25) is 0 Å². The van der Waals surface area contributed by atoms with Crippen molar-refractivity contribution in [3.63, 3.8) is 0 Å². The third-order valence-corrected chi connectivity index (χ3v) is 2.93. The molecule has 0 bridgehead atoms. The third kappa shape index (κ3) is 2.65. The van der Waals surface area contributed by atoms with Gasteiger partial charge in [-0.05, 0) is 5.56 Å². The fourth-order valence-corrected chi connectivity index (χ4v) is 2.00. The summed E-state index contributed by atoms with van der Waals surface area (Å²) in [4.78, 5) is 17.1. The molecule has 2 N–H and O–H groups in total. The second-order valence-corrected chi connectivity index (χ2v) is 4.08. The van der Waals surface area contributed by atoms with Gasteiger partial charge in [0.15, 0.2) is 0 Å². The predicted octanol–water partition coefficient (Wildman–Crippen LogP) is 1.67. The molecule has 2 aromatic rings. The van der Waals surface area contributed by atoms with Crippen LogP contribution in [0.15, 0.2) is 23.8 Å². The number of nitrogens with zero attached hydrogens (tertiary/aromatic N) is 2. The van der Waals surface area contributed by atoms with E-state index in [4.69, 9.17) is 0 Å². The Kier molecular flexibility index (Phi) is 3.28. The van der Waals surface area contributed by atoms with Crippen LogP contribution in [0, 0.1) is 10.1 Å². The van der Waals surface area contributed by atoms with E-state index in [-0.39, 0.29) is 9.92 Å². The monoisotopic (exact) mass is 238 g/mol. The van der Waals surface area contributed by atoms with Crippen molar-refractivity contribution in [1.82, 2.24) is 15.3 Å². The zero-order chi connectivity index (χ0) is 11.4. The first-order chi connectivity index (χ1) is 7.75. The molecule has 0 unspecified atom stereocenters. The van der Waals surface area contributed by atoms with Gasteiger partial charge in [-0.3, -0.25) is 10.1 Å². The molecule has 84 valence electrons. The van der Waals surface area contributed by atoms with Crippen molar-refractivity contribution in [3.05, 3.63) is 45.3 Å². The van der Waals surface area contributed by atoms with Crippen LogP contribution in [0.3, 0.4) is 0 Å². The fourth-order valence-electron chi connectivity index (χ4n) is 1.27. The molecule has 0 atom stereocenters. The number of hydrogen-bond donors (Lipinski definition) is 2. The van der Waals surface area contributed by atoms with E-state index in [0.29, 0.717) is 13.1 Å². The van der Waals surface area contributed by atoms with Crippen LogP contribution < -0.4 is 5.32 Å². The molecular weight excluding hydrogens is 228 g/mol. The maximum atomic E-state index is 10.5. The highest BCUT2D eigenvalue weighted by molar-refractivity contribution is 7.13. The SMILES string of the molecule is O=[N+]([O-])c1cc(CNCc2ncc[nH]2)cs1. The summed E-state index contributed by atoms with van der Waals surface area (Å²) in [6.07, 6.45) is 3.44. The van der Waals surface area contributed by atoms with Crippen LogP contribution in [-0.4, -0.2) is 14.9 Å². The van der Waals surface area contributed by atoms with Gasteiger partial charge in [-0.1, -0.05) is 11.3 Å². The van der Waals surface area contributed by atoms with Gasteiger partial charge in [-0.15, -0.1) is 0 Å². The van der Waals surface area contributed by atoms with Gasteiger partial charge in [0.25, 0.3) is 0 Å². The molecule has 0 aliphatic heterocycles. The number of aromatic amines is 1. The average molecular weight is 238 g/mol. The molecule has 0 amide bonds. The first-order valence-corrected chi connectivity index (χ1v) is 5.54. The lowest BCUT2D eigenvalue weighted by Crippen LogP contribution is -2.13. The minimum Gasteiger partial charge on any atom is -0.348 e. The Labute approximate surface area is 95.5 Å². The van der Waals surface area contributed by atoms with E-state index >= 15 is 0 Å². The summed E-state index contributed by atoms with van der Waals surface area (Å²) in [5, 5.41) is 15.6. The minimum atomic E-state index is -0.374. The van der Waals surface area contributed by atoms with Crippen LogP contribution in [0.4, 0.5) is 5.00 Å². The Morgan fingerprint density at radius 1 is 1.56 bits per heavy atom. The Balaban J connectivity index is 1.83. The molecule has 0 saturated heterocycles. The van der Waals surface area contributed by atoms with Gasteiger partial charge in [-0.25, -0.2) is 4.98 Å². The number of nitro groups is 1. The van der Waals surface area contributed by atoms with Crippen molar-refractivity contribution < 1.29 is 4.92 Å². The zero-order valence-corrected chi connectivity index (χ0v) is 9.16. The first-order valence-electron chi connectivity index (χ1n) is 4.66. The van der Waals surface area contributed by atoms with Crippen LogP contribution in [-0.2, 0) is 13.1 Å². The second kappa shape index (κ2) is 4.86. The van der Waals surface area contributed by atoms with Crippen LogP contribution >= 0.6 is 11.3 Å². The minimum absolute atomic E-state index is 0.176. The standard InChI is InChI=1S/C9H10N4O2S/c14-13(15)9-3-7(6-16-9)4-10-5-8-11-1-2-12-8/h1-3,6,10H,4-5H2,(H,11,12). The molecule has 16 heavy (non-hydrogen) atoms. The van der Waals surface area contributed by atoms with Crippen LogP contribution in [0.1, 0.15) is 11.4 Å². The van der Waals surface area contributed by atoms with Crippen molar-refractivity contribution >= 4 is 16.3 Å². The van der Waals surface area contributed by atoms with Gasteiger partial charge >= 0.3 is 5.00 Å². The molecule has 2 rings (SSSR count). The summed E-state index contributed by atoms with van der Waals surface area (Å²) in [6, 6.07) is 1.58. The molecule has 0 aromatic carbocycles. The third-order valence-electron chi connectivity index (χ3n) is 2.00. The van der Waals surface area contributed by atoms with Crippen LogP contribution in [0.5, 0.6) is 0 Å². The number of hydrogen-bond acceptors (Lipinski definition) is 5. The Hall–Kier alpha value is -1.73. The molecule has 0 fully saturated rings. The smallest absolute Gasteiger partial charge is 0.324 e. The summed E-state index contributed by atoms with van der Waals surface area (Å²) in [5.74, 6) is 0.852. The second-order valence-electron chi connectivity index (χ2n) is 3.19. The molecule has 0 saturated carbocycles. The highest BCUT2D eigenvalue weighted by Gasteiger charge is 2.08. The fraction of sp³-hybridized carbons (Fsp3) is 0.222. The van der Waals surface area contributed by atoms with E-state index in [1.54, 1.807) is 23.8 Å². The number of H-pyrrole nitrogens is 1. The zero-order valence-electron chi connectivity index (χ0n) is 8.34. The molecule has 2 heterocycles. The maximum Gasteiger partial charge on any atom is 0.324 e. The molecule has 0 spiro atoms. The highest BCUT2D eigenvalue weighted by Crippen LogP contribution is 2.22. The maximum absolute atomic E-state index is 10.5. The van der Waals surface area contributed by atoms with Crippen molar-refractivity contribution in [2.45, 2.75) is 13.1 Å². The summed E-state index contributed by atoms with van der Waals surface area (Å²) in [6.45, 7) is 1.22.